The van der Waals surface area contributed by atoms with Crippen LogP contribution in [0.25, 0.3) is 0 Å². The second-order valence-electron chi connectivity index (χ2n) is 4.22. The van der Waals surface area contributed by atoms with Crippen molar-refractivity contribution in [3.05, 3.63) is 32.2 Å². The van der Waals surface area contributed by atoms with Crippen molar-refractivity contribution in [2.24, 2.45) is 0 Å². The second kappa shape index (κ2) is 4.15. The summed E-state index contributed by atoms with van der Waals surface area (Å²) >= 11 is 6.78. The first-order valence-corrected chi connectivity index (χ1v) is 5.89. The maximum absolute atomic E-state index is 10.7. The number of hydrogen-bond acceptors (Lipinski definition) is 1. The van der Waals surface area contributed by atoms with Crippen LogP contribution in [0.3, 0.4) is 0 Å². The Kier molecular flexibility index (Phi) is 3.53. The summed E-state index contributed by atoms with van der Waals surface area (Å²) in [5.74, 6) is 0. The molecular formula is C11H12Br2O. The van der Waals surface area contributed by atoms with Crippen LogP contribution in [0.4, 0.5) is 0 Å². The summed E-state index contributed by atoms with van der Waals surface area (Å²) in [7, 11) is 0. The molecule has 0 amide bonds. The van der Waals surface area contributed by atoms with E-state index in [9.17, 15) is 4.79 Å². The van der Waals surface area contributed by atoms with Crippen LogP contribution in [0.5, 0.6) is 0 Å². The molecule has 76 valence electrons. The summed E-state index contributed by atoms with van der Waals surface area (Å²) < 4.78 is 1.68. The molecule has 3 heteroatoms. The number of carbonyl (C=O) groups is 1. The smallest absolute Gasteiger partial charge is 0.152 e. The molecule has 0 aromatic heterocycles. The average molecular weight is 320 g/mol. The van der Waals surface area contributed by atoms with Gasteiger partial charge in [0.25, 0.3) is 0 Å². The molecule has 0 bridgehead atoms. The molecule has 0 aliphatic heterocycles. The van der Waals surface area contributed by atoms with Gasteiger partial charge in [-0.05, 0) is 23.1 Å². The van der Waals surface area contributed by atoms with Crippen molar-refractivity contribution in [3.63, 3.8) is 0 Å². The highest BCUT2D eigenvalue weighted by Gasteiger charge is 2.16. The Bertz CT molecular complexity index is 341. The molecule has 1 aromatic carbocycles. The fourth-order valence-electron chi connectivity index (χ4n) is 1.13. The van der Waals surface area contributed by atoms with E-state index in [4.69, 9.17) is 0 Å². The summed E-state index contributed by atoms with van der Waals surface area (Å²) in [6.07, 6.45) is 0.848. The molecule has 0 saturated carbocycles. The lowest BCUT2D eigenvalue weighted by Crippen LogP contribution is -2.11. The summed E-state index contributed by atoms with van der Waals surface area (Å²) in [4.78, 5) is 10.7. The first-order valence-electron chi connectivity index (χ1n) is 4.31. The average Bonchev–Trinajstić information content (AvgIpc) is 2.01. The van der Waals surface area contributed by atoms with E-state index in [0.717, 1.165) is 15.2 Å². The lowest BCUT2D eigenvalue weighted by atomic mass is 9.87. The molecule has 0 radical (unpaired) electrons. The Balaban J connectivity index is 3.35. The second-order valence-corrected chi connectivity index (χ2v) is 5.93. The normalized spacial score (nSPS) is 11.5. The fourth-order valence-corrected chi connectivity index (χ4v) is 2.50. The minimum Gasteiger partial charge on any atom is -0.298 e. The van der Waals surface area contributed by atoms with Crippen molar-refractivity contribution >= 4 is 38.1 Å². The molecule has 0 spiro atoms. The van der Waals surface area contributed by atoms with E-state index in [-0.39, 0.29) is 5.41 Å². The van der Waals surface area contributed by atoms with Gasteiger partial charge in [0.1, 0.15) is 0 Å². The fraction of sp³-hybridized carbons (Fsp3) is 0.364. The predicted molar refractivity (Wildman–Crippen MR) is 65.9 cm³/mol. The van der Waals surface area contributed by atoms with Crippen LogP contribution >= 0.6 is 31.9 Å². The van der Waals surface area contributed by atoms with Gasteiger partial charge in [0, 0.05) is 14.5 Å². The molecule has 0 unspecified atom stereocenters. The van der Waals surface area contributed by atoms with Gasteiger partial charge in [-0.25, -0.2) is 0 Å². The topological polar surface area (TPSA) is 17.1 Å². The zero-order chi connectivity index (χ0) is 10.9. The summed E-state index contributed by atoms with van der Waals surface area (Å²) in [6, 6.07) is 3.99. The highest BCUT2D eigenvalue weighted by Crippen LogP contribution is 2.31. The first-order chi connectivity index (χ1) is 6.36. The van der Waals surface area contributed by atoms with E-state index >= 15 is 0 Å². The Morgan fingerprint density at radius 1 is 1.14 bits per heavy atom. The van der Waals surface area contributed by atoms with E-state index in [1.54, 1.807) is 0 Å². The Hall–Kier alpha value is -0.150. The number of halogens is 2. The standard InChI is InChI=1S/C11H12Br2O/c1-11(2,3)7-4-9(12)8(6-14)10(13)5-7/h4-6H,1-3H3. The van der Waals surface area contributed by atoms with E-state index in [1.165, 1.54) is 5.56 Å². The number of benzene rings is 1. The van der Waals surface area contributed by atoms with Crippen LogP contribution in [0.15, 0.2) is 21.1 Å². The van der Waals surface area contributed by atoms with Crippen LogP contribution in [0, 0.1) is 0 Å². The minimum absolute atomic E-state index is 0.0897. The first kappa shape index (κ1) is 11.9. The molecular weight excluding hydrogens is 308 g/mol. The van der Waals surface area contributed by atoms with Crippen LogP contribution in [0.1, 0.15) is 36.7 Å². The van der Waals surface area contributed by atoms with Gasteiger partial charge >= 0.3 is 0 Å². The highest BCUT2D eigenvalue weighted by atomic mass is 79.9. The van der Waals surface area contributed by atoms with E-state index in [1.807, 2.05) is 12.1 Å². The highest BCUT2D eigenvalue weighted by molar-refractivity contribution is 9.11. The van der Waals surface area contributed by atoms with E-state index in [2.05, 4.69) is 52.6 Å². The van der Waals surface area contributed by atoms with Gasteiger partial charge in [0.2, 0.25) is 0 Å². The maximum atomic E-state index is 10.7. The third-order valence-electron chi connectivity index (χ3n) is 2.06. The zero-order valence-electron chi connectivity index (χ0n) is 8.40. The maximum Gasteiger partial charge on any atom is 0.152 e. The molecule has 0 saturated heterocycles. The molecule has 1 aromatic rings. The molecule has 0 fully saturated rings. The van der Waals surface area contributed by atoms with Gasteiger partial charge < -0.3 is 0 Å². The number of hydrogen-bond donors (Lipinski definition) is 0. The molecule has 0 N–H and O–H groups in total. The van der Waals surface area contributed by atoms with Crippen LogP contribution in [0.2, 0.25) is 0 Å². The molecule has 1 nitrogen and oxygen atoms in total. The van der Waals surface area contributed by atoms with Crippen LogP contribution in [-0.2, 0) is 5.41 Å². The molecule has 0 aliphatic rings. The summed E-state index contributed by atoms with van der Waals surface area (Å²) in [5.41, 5.74) is 1.95. The van der Waals surface area contributed by atoms with Crippen molar-refractivity contribution in [3.8, 4) is 0 Å². The van der Waals surface area contributed by atoms with Gasteiger partial charge in [-0.3, -0.25) is 4.79 Å². The quantitative estimate of drug-likeness (QED) is 0.704. The zero-order valence-corrected chi connectivity index (χ0v) is 11.6. The van der Waals surface area contributed by atoms with Gasteiger partial charge in [-0.15, -0.1) is 0 Å². The monoisotopic (exact) mass is 318 g/mol. The minimum atomic E-state index is 0.0897. The number of aldehydes is 1. The third kappa shape index (κ3) is 2.45. The van der Waals surface area contributed by atoms with Gasteiger partial charge in [0.05, 0.1) is 0 Å². The summed E-state index contributed by atoms with van der Waals surface area (Å²) in [6.45, 7) is 6.42. The van der Waals surface area contributed by atoms with E-state index in [0.29, 0.717) is 5.56 Å². The van der Waals surface area contributed by atoms with Gasteiger partial charge in [-0.1, -0.05) is 52.6 Å². The molecule has 0 atom stereocenters. The van der Waals surface area contributed by atoms with Gasteiger partial charge in [-0.2, -0.15) is 0 Å². The SMILES string of the molecule is CC(C)(C)c1cc(Br)c(C=O)c(Br)c1. The third-order valence-corrected chi connectivity index (χ3v) is 3.38. The van der Waals surface area contributed by atoms with Crippen molar-refractivity contribution < 1.29 is 4.79 Å². The number of rotatable bonds is 1. The lowest BCUT2D eigenvalue weighted by molar-refractivity contribution is 0.112. The van der Waals surface area contributed by atoms with Crippen LogP contribution < -0.4 is 0 Å². The Morgan fingerprint density at radius 3 is 1.86 bits per heavy atom. The lowest BCUT2D eigenvalue weighted by Gasteiger charge is -2.20. The van der Waals surface area contributed by atoms with Crippen molar-refractivity contribution in [2.75, 3.05) is 0 Å². The van der Waals surface area contributed by atoms with E-state index < -0.39 is 0 Å². The Labute approximate surface area is 101 Å². The van der Waals surface area contributed by atoms with Crippen molar-refractivity contribution in [2.45, 2.75) is 26.2 Å². The molecule has 1 rings (SSSR count). The molecule has 14 heavy (non-hydrogen) atoms. The largest absolute Gasteiger partial charge is 0.298 e. The molecule has 0 heterocycles. The van der Waals surface area contributed by atoms with Crippen molar-refractivity contribution in [1.29, 1.82) is 0 Å². The Morgan fingerprint density at radius 2 is 1.57 bits per heavy atom. The predicted octanol–water partition coefficient (Wildman–Crippen LogP) is 4.32. The van der Waals surface area contributed by atoms with Crippen LogP contribution in [-0.4, -0.2) is 6.29 Å². The van der Waals surface area contributed by atoms with Gasteiger partial charge in [0.15, 0.2) is 6.29 Å². The number of carbonyl (C=O) groups excluding carboxylic acids is 1. The molecule has 0 aliphatic carbocycles. The van der Waals surface area contributed by atoms with Crippen molar-refractivity contribution in [1.82, 2.24) is 0 Å². The summed E-state index contributed by atoms with van der Waals surface area (Å²) in [5, 5.41) is 0.